The van der Waals surface area contributed by atoms with E-state index in [1.54, 1.807) is 18.2 Å². The minimum Gasteiger partial charge on any atom is -0.469 e. The Morgan fingerprint density at radius 2 is 1.94 bits per heavy atom. The average molecular weight is 276 g/mol. The number of hydrogen-bond acceptors (Lipinski definition) is 3. The van der Waals surface area contributed by atoms with Gasteiger partial charge in [0.2, 0.25) is 0 Å². The summed E-state index contributed by atoms with van der Waals surface area (Å²) >= 11 is 11.8. The van der Waals surface area contributed by atoms with E-state index in [4.69, 9.17) is 23.2 Å². The van der Waals surface area contributed by atoms with E-state index in [1.165, 1.54) is 7.11 Å². The number of halogens is 2. The number of nitrogens with one attached hydrogen (secondary N) is 1. The van der Waals surface area contributed by atoms with Gasteiger partial charge < -0.3 is 10.1 Å². The van der Waals surface area contributed by atoms with Gasteiger partial charge in [-0.3, -0.25) is 4.79 Å². The first-order valence-electron chi connectivity index (χ1n) is 5.34. The van der Waals surface area contributed by atoms with Gasteiger partial charge in [-0.2, -0.15) is 0 Å². The van der Waals surface area contributed by atoms with Gasteiger partial charge >= 0.3 is 5.97 Å². The molecular formula is C12H15Cl2NO2. The van der Waals surface area contributed by atoms with E-state index in [0.29, 0.717) is 16.5 Å². The third-order valence-corrected chi connectivity index (χ3v) is 2.80. The highest BCUT2D eigenvalue weighted by molar-refractivity contribution is 6.35. The van der Waals surface area contributed by atoms with Crippen molar-refractivity contribution in [1.29, 1.82) is 0 Å². The fraction of sp³-hybridized carbons (Fsp3) is 0.417. The van der Waals surface area contributed by atoms with Crippen LogP contribution in [-0.2, 0) is 9.53 Å². The monoisotopic (exact) mass is 275 g/mol. The van der Waals surface area contributed by atoms with E-state index < -0.39 is 0 Å². The van der Waals surface area contributed by atoms with Crippen LogP contribution in [0.1, 0.15) is 19.8 Å². The maximum Gasteiger partial charge on any atom is 0.307 e. The topological polar surface area (TPSA) is 38.3 Å². The number of carbonyl (C=O) groups excluding carboxylic acids is 1. The number of anilines is 1. The van der Waals surface area contributed by atoms with Crippen LogP contribution in [0.4, 0.5) is 5.69 Å². The molecule has 1 N–H and O–H groups in total. The quantitative estimate of drug-likeness (QED) is 0.832. The summed E-state index contributed by atoms with van der Waals surface area (Å²) in [5.41, 5.74) is 0.804. The molecule has 0 heterocycles. The molecule has 0 aromatic heterocycles. The van der Waals surface area contributed by atoms with Crippen LogP contribution in [0.15, 0.2) is 18.2 Å². The Labute approximate surface area is 111 Å². The lowest BCUT2D eigenvalue weighted by atomic mass is 10.1. The molecule has 3 nitrogen and oxygen atoms in total. The fourth-order valence-electron chi connectivity index (χ4n) is 1.45. The van der Waals surface area contributed by atoms with Gasteiger partial charge in [0, 0.05) is 21.8 Å². The highest BCUT2D eigenvalue weighted by Gasteiger charge is 2.12. The summed E-state index contributed by atoms with van der Waals surface area (Å²) in [6.07, 6.45) is 1.12. The van der Waals surface area contributed by atoms with Crippen molar-refractivity contribution in [3.63, 3.8) is 0 Å². The van der Waals surface area contributed by atoms with Crippen molar-refractivity contribution in [2.75, 3.05) is 12.4 Å². The smallest absolute Gasteiger partial charge is 0.307 e. The van der Waals surface area contributed by atoms with Crippen LogP contribution in [-0.4, -0.2) is 19.1 Å². The molecular weight excluding hydrogens is 261 g/mol. The third kappa shape index (κ3) is 4.84. The van der Waals surface area contributed by atoms with E-state index in [1.807, 2.05) is 6.92 Å². The first-order chi connectivity index (χ1) is 8.05. The second-order valence-electron chi connectivity index (χ2n) is 3.69. The molecule has 0 fully saturated rings. The van der Waals surface area contributed by atoms with Gasteiger partial charge in [-0.15, -0.1) is 0 Å². The van der Waals surface area contributed by atoms with Crippen LogP contribution in [0, 0.1) is 0 Å². The predicted octanol–water partition coefficient (Wildman–Crippen LogP) is 3.75. The van der Waals surface area contributed by atoms with Gasteiger partial charge in [-0.25, -0.2) is 0 Å². The van der Waals surface area contributed by atoms with Crippen LogP contribution in [0.3, 0.4) is 0 Å². The van der Waals surface area contributed by atoms with Gasteiger partial charge in [-0.05, 0) is 24.6 Å². The second-order valence-corrected chi connectivity index (χ2v) is 4.56. The van der Waals surface area contributed by atoms with Crippen molar-refractivity contribution in [3.05, 3.63) is 28.2 Å². The molecule has 1 unspecified atom stereocenters. The zero-order chi connectivity index (χ0) is 12.8. The van der Waals surface area contributed by atoms with E-state index in [9.17, 15) is 4.79 Å². The number of esters is 1. The van der Waals surface area contributed by atoms with E-state index in [-0.39, 0.29) is 12.0 Å². The first kappa shape index (κ1) is 14.1. The molecule has 0 amide bonds. The maximum atomic E-state index is 11.2. The van der Waals surface area contributed by atoms with Crippen LogP contribution >= 0.6 is 23.2 Å². The number of benzene rings is 1. The fourth-order valence-corrected chi connectivity index (χ4v) is 1.98. The van der Waals surface area contributed by atoms with Crippen molar-refractivity contribution in [2.24, 2.45) is 0 Å². The second kappa shape index (κ2) is 6.72. The van der Waals surface area contributed by atoms with E-state index >= 15 is 0 Å². The standard InChI is InChI=1S/C12H15Cl2NO2/c1-3-10(7-12(16)17-2)15-11-5-8(13)4-9(14)6-11/h4-6,10,15H,3,7H2,1-2H3. The van der Waals surface area contributed by atoms with Crippen LogP contribution < -0.4 is 5.32 Å². The number of hydrogen-bond donors (Lipinski definition) is 1. The molecule has 1 aromatic rings. The summed E-state index contributed by atoms with van der Waals surface area (Å²) in [6.45, 7) is 1.99. The van der Waals surface area contributed by atoms with Crippen molar-refractivity contribution in [1.82, 2.24) is 0 Å². The average Bonchev–Trinajstić information content (AvgIpc) is 2.26. The highest BCUT2D eigenvalue weighted by atomic mass is 35.5. The molecule has 1 aromatic carbocycles. The molecule has 0 radical (unpaired) electrons. The number of methoxy groups -OCH3 is 1. The summed E-state index contributed by atoms with van der Waals surface area (Å²) in [7, 11) is 1.38. The Kier molecular flexibility index (Phi) is 5.59. The Morgan fingerprint density at radius 1 is 1.35 bits per heavy atom. The van der Waals surface area contributed by atoms with Crippen molar-refractivity contribution >= 4 is 34.9 Å². The molecule has 94 valence electrons. The summed E-state index contributed by atoms with van der Waals surface area (Å²) in [5.74, 6) is -0.238. The Hall–Kier alpha value is -0.930. The van der Waals surface area contributed by atoms with Crippen LogP contribution in [0.2, 0.25) is 10.0 Å². The van der Waals surface area contributed by atoms with Gasteiger partial charge in [0.05, 0.1) is 13.5 Å². The van der Waals surface area contributed by atoms with Crippen molar-refractivity contribution in [2.45, 2.75) is 25.8 Å². The molecule has 17 heavy (non-hydrogen) atoms. The molecule has 1 rings (SSSR count). The molecule has 0 bridgehead atoms. The van der Waals surface area contributed by atoms with E-state index in [2.05, 4.69) is 10.1 Å². The minimum absolute atomic E-state index is 0.0111. The summed E-state index contributed by atoms with van der Waals surface area (Å²) in [6, 6.07) is 5.22. The molecule has 0 aliphatic heterocycles. The molecule has 1 atom stereocenters. The van der Waals surface area contributed by atoms with Gasteiger partial charge in [0.1, 0.15) is 0 Å². The van der Waals surface area contributed by atoms with Gasteiger partial charge in [0.25, 0.3) is 0 Å². The maximum absolute atomic E-state index is 11.2. The number of carbonyl (C=O) groups is 1. The Morgan fingerprint density at radius 3 is 2.41 bits per heavy atom. The minimum atomic E-state index is -0.238. The number of rotatable bonds is 5. The first-order valence-corrected chi connectivity index (χ1v) is 6.10. The SMILES string of the molecule is CCC(CC(=O)OC)Nc1cc(Cl)cc(Cl)c1. The molecule has 5 heteroatoms. The van der Waals surface area contributed by atoms with Crippen molar-refractivity contribution in [3.8, 4) is 0 Å². The lowest BCUT2D eigenvalue weighted by molar-refractivity contribution is -0.140. The zero-order valence-electron chi connectivity index (χ0n) is 9.80. The molecule has 0 saturated heterocycles. The largest absolute Gasteiger partial charge is 0.469 e. The molecule has 0 saturated carbocycles. The van der Waals surface area contributed by atoms with Crippen molar-refractivity contribution < 1.29 is 9.53 Å². The lowest BCUT2D eigenvalue weighted by Gasteiger charge is -2.17. The number of ether oxygens (including phenoxy) is 1. The summed E-state index contributed by atoms with van der Waals surface area (Å²) < 4.78 is 4.64. The Balaban J connectivity index is 2.70. The van der Waals surface area contributed by atoms with Gasteiger partial charge in [0.15, 0.2) is 0 Å². The molecule has 0 aliphatic rings. The predicted molar refractivity (Wildman–Crippen MR) is 70.8 cm³/mol. The highest BCUT2D eigenvalue weighted by Crippen LogP contribution is 2.23. The molecule has 0 spiro atoms. The van der Waals surface area contributed by atoms with Crippen LogP contribution in [0.25, 0.3) is 0 Å². The van der Waals surface area contributed by atoms with Crippen LogP contribution in [0.5, 0.6) is 0 Å². The molecule has 0 aliphatic carbocycles. The van der Waals surface area contributed by atoms with E-state index in [0.717, 1.165) is 12.1 Å². The normalized spacial score (nSPS) is 12.0. The van der Waals surface area contributed by atoms with Gasteiger partial charge in [-0.1, -0.05) is 30.1 Å². The zero-order valence-corrected chi connectivity index (χ0v) is 11.3. The third-order valence-electron chi connectivity index (χ3n) is 2.37. The summed E-state index contributed by atoms with van der Waals surface area (Å²) in [5, 5.41) is 4.33. The summed E-state index contributed by atoms with van der Waals surface area (Å²) in [4.78, 5) is 11.2. The lowest BCUT2D eigenvalue weighted by Crippen LogP contribution is -2.23. The Bertz CT molecular complexity index is 376.